The summed E-state index contributed by atoms with van der Waals surface area (Å²) in [6, 6.07) is 0.473. The molecule has 2 N–H and O–H groups in total. The van der Waals surface area contributed by atoms with Crippen LogP contribution in [0, 0.1) is 5.92 Å². The fourth-order valence-electron chi connectivity index (χ4n) is 1.82. The van der Waals surface area contributed by atoms with Gasteiger partial charge in [-0.1, -0.05) is 13.8 Å². The number of hydrogen-bond donors (Lipinski definition) is 2. The number of amides is 2. The largest absolute Gasteiger partial charge is 0.481 e. The van der Waals surface area contributed by atoms with Gasteiger partial charge in [-0.15, -0.1) is 0 Å². The van der Waals surface area contributed by atoms with Crippen LogP contribution in [-0.4, -0.2) is 43.9 Å². The van der Waals surface area contributed by atoms with E-state index >= 15 is 0 Å². The van der Waals surface area contributed by atoms with Crippen LogP contribution < -0.4 is 19.5 Å². The van der Waals surface area contributed by atoms with Gasteiger partial charge in [0.1, 0.15) is 0 Å². The van der Waals surface area contributed by atoms with E-state index in [1.54, 1.807) is 6.92 Å². The first-order valence-electron chi connectivity index (χ1n) is 6.97. The van der Waals surface area contributed by atoms with E-state index < -0.39 is 21.3 Å². The van der Waals surface area contributed by atoms with Crippen molar-refractivity contribution in [1.29, 1.82) is 0 Å². The third-order valence-electron chi connectivity index (χ3n) is 2.89. The van der Waals surface area contributed by atoms with Crippen LogP contribution in [0.3, 0.4) is 0 Å². The predicted octanol–water partition coefficient (Wildman–Crippen LogP) is 1.38. The Kier molecular flexibility index (Phi) is 6.55. The first-order chi connectivity index (χ1) is 10.7. The normalized spacial score (nSPS) is 12.6. The quantitative estimate of drug-likeness (QED) is 0.765. The van der Waals surface area contributed by atoms with Gasteiger partial charge in [0.15, 0.2) is 0 Å². The summed E-state index contributed by atoms with van der Waals surface area (Å²) in [6.45, 7) is 5.35. The Morgan fingerprint density at radius 1 is 1.17 bits per heavy atom. The summed E-state index contributed by atoms with van der Waals surface area (Å²) in [4.78, 5) is 19.6. The zero-order chi connectivity index (χ0) is 17.6. The first kappa shape index (κ1) is 18.9. The first-order valence-corrected chi connectivity index (χ1v) is 8.52. The molecule has 1 atom stereocenters. The summed E-state index contributed by atoms with van der Waals surface area (Å²) in [5.74, 6) is 0.396. The van der Waals surface area contributed by atoms with Gasteiger partial charge in [-0.25, -0.2) is 17.9 Å². The van der Waals surface area contributed by atoms with Gasteiger partial charge in [0, 0.05) is 0 Å². The molecule has 0 aliphatic carbocycles. The number of aromatic nitrogens is 2. The number of ether oxygens (including phenoxy) is 2. The number of carbonyl (C=O) groups is 1. The molecular weight excluding hydrogens is 324 g/mol. The SMILES string of the molecule is COc1cc(OC)nc(NC(=O)NS(=O)(=O)C(C)CC(C)C)n1. The van der Waals surface area contributed by atoms with E-state index in [0.29, 0.717) is 6.42 Å². The minimum absolute atomic E-state index is 0.134. The van der Waals surface area contributed by atoms with Crippen LogP contribution in [0.4, 0.5) is 10.7 Å². The molecule has 0 spiro atoms. The maximum absolute atomic E-state index is 12.1. The minimum Gasteiger partial charge on any atom is -0.481 e. The molecule has 0 aliphatic heterocycles. The van der Waals surface area contributed by atoms with E-state index in [2.05, 4.69) is 15.3 Å². The van der Waals surface area contributed by atoms with Gasteiger partial charge in [0.25, 0.3) is 0 Å². The monoisotopic (exact) mass is 346 g/mol. The minimum atomic E-state index is -3.79. The standard InChI is InChI=1S/C13H22N4O5S/c1-8(2)6-9(3)23(19,20)17-13(18)16-12-14-10(21-4)7-11(15-12)22-5/h7-9H,6H2,1-5H3,(H2,14,15,16,17,18). The van der Waals surface area contributed by atoms with Crippen molar-refractivity contribution in [2.75, 3.05) is 19.5 Å². The second-order valence-electron chi connectivity index (χ2n) is 5.32. The van der Waals surface area contributed by atoms with E-state index in [-0.39, 0.29) is 23.6 Å². The molecule has 10 heteroatoms. The second kappa shape index (κ2) is 7.95. The van der Waals surface area contributed by atoms with Crippen molar-refractivity contribution in [3.63, 3.8) is 0 Å². The molecule has 1 heterocycles. The molecule has 0 aromatic carbocycles. The van der Waals surface area contributed by atoms with Crippen molar-refractivity contribution in [3.8, 4) is 11.8 Å². The van der Waals surface area contributed by atoms with Gasteiger partial charge in [-0.2, -0.15) is 9.97 Å². The molecule has 0 bridgehead atoms. The summed E-state index contributed by atoms with van der Waals surface area (Å²) in [7, 11) is -1.00. The van der Waals surface area contributed by atoms with E-state index in [1.165, 1.54) is 20.3 Å². The predicted molar refractivity (Wildman–Crippen MR) is 85.1 cm³/mol. The number of nitrogens with zero attached hydrogens (tertiary/aromatic N) is 2. The zero-order valence-electron chi connectivity index (χ0n) is 13.8. The highest BCUT2D eigenvalue weighted by atomic mass is 32.2. The van der Waals surface area contributed by atoms with Crippen molar-refractivity contribution >= 4 is 22.0 Å². The summed E-state index contributed by atoms with van der Waals surface area (Å²) < 4.78 is 35.9. The number of carbonyl (C=O) groups excluding carboxylic acids is 1. The number of methoxy groups -OCH3 is 2. The summed E-state index contributed by atoms with van der Waals surface area (Å²) in [5.41, 5.74) is 0. The van der Waals surface area contributed by atoms with Crippen LogP contribution in [0.2, 0.25) is 0 Å². The Hall–Kier alpha value is -2.10. The molecule has 0 aliphatic rings. The van der Waals surface area contributed by atoms with Gasteiger partial charge in [-0.05, 0) is 19.3 Å². The van der Waals surface area contributed by atoms with E-state index in [4.69, 9.17) is 9.47 Å². The number of nitrogens with one attached hydrogen (secondary N) is 2. The molecule has 0 radical (unpaired) electrons. The van der Waals surface area contributed by atoms with Crippen molar-refractivity contribution in [3.05, 3.63) is 6.07 Å². The Balaban J connectivity index is 2.80. The number of sulfonamides is 1. The Morgan fingerprint density at radius 2 is 1.70 bits per heavy atom. The highest BCUT2D eigenvalue weighted by molar-refractivity contribution is 7.90. The average molecular weight is 346 g/mol. The molecular formula is C13H22N4O5S. The lowest BCUT2D eigenvalue weighted by molar-refractivity contribution is 0.256. The van der Waals surface area contributed by atoms with Crippen molar-refractivity contribution < 1.29 is 22.7 Å². The van der Waals surface area contributed by atoms with Crippen LogP contribution in [0.25, 0.3) is 0 Å². The Labute approximate surface area is 135 Å². The van der Waals surface area contributed by atoms with Gasteiger partial charge < -0.3 is 9.47 Å². The molecule has 1 unspecified atom stereocenters. The van der Waals surface area contributed by atoms with Crippen LogP contribution in [-0.2, 0) is 10.0 Å². The van der Waals surface area contributed by atoms with Crippen molar-refractivity contribution in [1.82, 2.24) is 14.7 Å². The Morgan fingerprint density at radius 3 is 2.13 bits per heavy atom. The van der Waals surface area contributed by atoms with Gasteiger partial charge >= 0.3 is 6.03 Å². The fraction of sp³-hybridized carbons (Fsp3) is 0.615. The second-order valence-corrected chi connectivity index (χ2v) is 7.42. The average Bonchev–Trinajstić information content (AvgIpc) is 2.45. The molecule has 1 aromatic heterocycles. The lowest BCUT2D eigenvalue weighted by Crippen LogP contribution is -2.40. The third-order valence-corrected chi connectivity index (χ3v) is 4.61. The number of hydrogen-bond acceptors (Lipinski definition) is 7. The van der Waals surface area contributed by atoms with E-state index in [9.17, 15) is 13.2 Å². The number of rotatable bonds is 7. The molecule has 130 valence electrons. The topological polar surface area (TPSA) is 120 Å². The van der Waals surface area contributed by atoms with Crippen LogP contribution in [0.5, 0.6) is 11.8 Å². The molecule has 0 saturated heterocycles. The highest BCUT2D eigenvalue weighted by Crippen LogP contribution is 2.17. The smallest absolute Gasteiger partial charge is 0.335 e. The molecule has 2 amide bonds. The highest BCUT2D eigenvalue weighted by Gasteiger charge is 2.24. The van der Waals surface area contributed by atoms with Crippen molar-refractivity contribution in [2.45, 2.75) is 32.4 Å². The summed E-state index contributed by atoms with van der Waals surface area (Å²) in [5, 5.41) is 1.54. The van der Waals surface area contributed by atoms with Crippen molar-refractivity contribution in [2.24, 2.45) is 5.92 Å². The lowest BCUT2D eigenvalue weighted by atomic mass is 10.1. The molecule has 9 nitrogen and oxygen atoms in total. The lowest BCUT2D eigenvalue weighted by Gasteiger charge is -2.15. The fourth-order valence-corrected chi connectivity index (χ4v) is 2.97. The van der Waals surface area contributed by atoms with E-state index in [0.717, 1.165) is 0 Å². The van der Waals surface area contributed by atoms with Gasteiger partial charge in [0.05, 0.1) is 25.5 Å². The van der Waals surface area contributed by atoms with E-state index in [1.807, 2.05) is 18.6 Å². The summed E-state index contributed by atoms with van der Waals surface area (Å²) >= 11 is 0. The maximum atomic E-state index is 12.1. The molecule has 0 saturated carbocycles. The molecule has 0 fully saturated rings. The zero-order valence-corrected chi connectivity index (χ0v) is 14.6. The van der Waals surface area contributed by atoms with Crippen LogP contribution in [0.15, 0.2) is 6.07 Å². The summed E-state index contributed by atoms with van der Waals surface area (Å²) in [6.07, 6.45) is 0.437. The molecule has 23 heavy (non-hydrogen) atoms. The van der Waals surface area contributed by atoms with Gasteiger partial charge in [0.2, 0.25) is 27.7 Å². The number of anilines is 1. The molecule has 1 aromatic rings. The van der Waals surface area contributed by atoms with Crippen LogP contribution in [0.1, 0.15) is 27.2 Å². The maximum Gasteiger partial charge on any atom is 0.335 e. The van der Waals surface area contributed by atoms with Crippen LogP contribution >= 0.6 is 0 Å². The molecule has 1 rings (SSSR count). The third kappa shape index (κ3) is 5.89. The number of urea groups is 1. The van der Waals surface area contributed by atoms with Gasteiger partial charge in [-0.3, -0.25) is 5.32 Å². The Bertz CT molecular complexity index is 626.